The summed E-state index contributed by atoms with van der Waals surface area (Å²) in [7, 11) is 0. The number of nitrogens with zero attached hydrogens (tertiary/aromatic N) is 2. The lowest BCUT2D eigenvalue weighted by atomic mass is 9.83. The van der Waals surface area contributed by atoms with Gasteiger partial charge in [0.05, 0.1) is 5.69 Å². The van der Waals surface area contributed by atoms with E-state index in [9.17, 15) is 4.79 Å². The predicted molar refractivity (Wildman–Crippen MR) is 87.2 cm³/mol. The van der Waals surface area contributed by atoms with Gasteiger partial charge in [0.15, 0.2) is 5.52 Å². The summed E-state index contributed by atoms with van der Waals surface area (Å²) in [5, 5.41) is 7.04. The maximum absolute atomic E-state index is 12.3. The monoisotopic (exact) mass is 296 g/mol. The highest BCUT2D eigenvalue weighted by Crippen LogP contribution is 2.29. The fraction of sp³-hybridized carbons (Fsp3) is 0.353. The molecule has 1 aromatic carbocycles. The highest BCUT2D eigenvalue weighted by atomic mass is 16.1. The average molecular weight is 296 g/mol. The Morgan fingerprint density at radius 2 is 1.77 bits per heavy atom. The van der Waals surface area contributed by atoms with Crippen LogP contribution in [0.25, 0.3) is 11.0 Å². The molecule has 114 valence electrons. The van der Waals surface area contributed by atoms with Crippen molar-refractivity contribution in [3.05, 3.63) is 57.8 Å². The first-order valence-electron chi connectivity index (χ1n) is 7.45. The summed E-state index contributed by atoms with van der Waals surface area (Å²) in [4.78, 5) is 19.9. The fourth-order valence-corrected chi connectivity index (χ4v) is 2.62. The zero-order valence-corrected chi connectivity index (χ0v) is 13.3. The lowest BCUT2D eigenvalue weighted by Gasteiger charge is -2.24. The standard InChI is InChI=1S/C17H20N4O/c1-10(2)12-13-14(21-20-12)15(22)19-16(18-13)17(3,4)11-8-6-5-7-9-11/h5-10H,1-4H3,(H,20,21)(H,18,19,22). The highest BCUT2D eigenvalue weighted by Gasteiger charge is 2.27. The zero-order chi connectivity index (χ0) is 15.9. The first-order chi connectivity index (χ1) is 10.4. The van der Waals surface area contributed by atoms with Gasteiger partial charge in [-0.05, 0) is 25.3 Å². The molecule has 0 aliphatic heterocycles. The van der Waals surface area contributed by atoms with Gasteiger partial charge in [-0.1, -0.05) is 44.2 Å². The van der Waals surface area contributed by atoms with Crippen molar-refractivity contribution in [3.63, 3.8) is 0 Å². The van der Waals surface area contributed by atoms with Gasteiger partial charge in [-0.25, -0.2) is 4.98 Å². The molecule has 2 heterocycles. The summed E-state index contributed by atoms with van der Waals surface area (Å²) in [5.74, 6) is 0.881. The minimum atomic E-state index is -0.389. The zero-order valence-electron chi connectivity index (χ0n) is 13.3. The van der Waals surface area contributed by atoms with E-state index in [1.54, 1.807) is 0 Å². The normalized spacial score (nSPS) is 12.2. The number of benzene rings is 1. The molecule has 0 atom stereocenters. The largest absolute Gasteiger partial charge is 0.308 e. The molecular formula is C17H20N4O. The Bertz CT molecular complexity index is 859. The van der Waals surface area contributed by atoms with Crippen LogP contribution in [0, 0.1) is 0 Å². The topological polar surface area (TPSA) is 74.4 Å². The summed E-state index contributed by atoms with van der Waals surface area (Å²) in [5.41, 5.74) is 2.44. The van der Waals surface area contributed by atoms with Crippen molar-refractivity contribution in [2.24, 2.45) is 0 Å². The van der Waals surface area contributed by atoms with E-state index in [2.05, 4.69) is 42.9 Å². The Kier molecular flexibility index (Phi) is 3.35. The van der Waals surface area contributed by atoms with Crippen LogP contribution < -0.4 is 5.56 Å². The van der Waals surface area contributed by atoms with Crippen LogP contribution in [0.1, 0.15) is 50.7 Å². The Balaban J connectivity index is 2.23. The van der Waals surface area contributed by atoms with Gasteiger partial charge in [-0.2, -0.15) is 5.10 Å². The number of aromatic nitrogens is 4. The third kappa shape index (κ3) is 2.22. The van der Waals surface area contributed by atoms with E-state index in [-0.39, 0.29) is 16.9 Å². The first-order valence-corrected chi connectivity index (χ1v) is 7.45. The Labute approximate surface area is 128 Å². The molecule has 0 fully saturated rings. The highest BCUT2D eigenvalue weighted by molar-refractivity contribution is 5.76. The van der Waals surface area contributed by atoms with Crippen LogP contribution in [0.4, 0.5) is 0 Å². The minimum Gasteiger partial charge on any atom is -0.308 e. The summed E-state index contributed by atoms with van der Waals surface area (Å²) in [6, 6.07) is 10.0. The number of hydrogen-bond donors (Lipinski definition) is 2. The number of nitrogens with one attached hydrogen (secondary N) is 2. The first kappa shape index (κ1) is 14.5. The number of hydrogen-bond acceptors (Lipinski definition) is 3. The summed E-state index contributed by atoms with van der Waals surface area (Å²) < 4.78 is 0. The second-order valence-corrected chi connectivity index (χ2v) is 6.39. The Morgan fingerprint density at radius 3 is 2.41 bits per heavy atom. The second-order valence-electron chi connectivity index (χ2n) is 6.39. The molecular weight excluding hydrogens is 276 g/mol. The van der Waals surface area contributed by atoms with Crippen molar-refractivity contribution in [1.29, 1.82) is 0 Å². The molecule has 0 aliphatic rings. The molecule has 0 spiro atoms. The molecule has 0 saturated heterocycles. The van der Waals surface area contributed by atoms with Gasteiger partial charge < -0.3 is 4.98 Å². The van der Waals surface area contributed by atoms with E-state index >= 15 is 0 Å². The van der Waals surface area contributed by atoms with Gasteiger partial charge in [0.25, 0.3) is 5.56 Å². The van der Waals surface area contributed by atoms with Crippen molar-refractivity contribution < 1.29 is 0 Å². The lowest BCUT2D eigenvalue weighted by molar-refractivity contribution is 0.590. The number of H-pyrrole nitrogens is 2. The molecule has 2 aromatic heterocycles. The van der Waals surface area contributed by atoms with Crippen molar-refractivity contribution in [2.45, 2.75) is 39.0 Å². The Morgan fingerprint density at radius 1 is 1.09 bits per heavy atom. The molecule has 5 nitrogen and oxygen atoms in total. The fourth-order valence-electron chi connectivity index (χ4n) is 2.62. The molecule has 0 aliphatic carbocycles. The third-order valence-corrected chi connectivity index (χ3v) is 4.10. The third-order valence-electron chi connectivity index (χ3n) is 4.10. The van der Waals surface area contributed by atoms with Crippen LogP contribution in [0.2, 0.25) is 0 Å². The van der Waals surface area contributed by atoms with E-state index in [1.807, 2.05) is 30.3 Å². The smallest absolute Gasteiger partial charge is 0.279 e. The lowest BCUT2D eigenvalue weighted by Crippen LogP contribution is -2.26. The number of aromatic amines is 2. The minimum absolute atomic E-state index is 0.202. The van der Waals surface area contributed by atoms with Gasteiger partial charge in [0.2, 0.25) is 0 Å². The van der Waals surface area contributed by atoms with Crippen LogP contribution in [-0.2, 0) is 5.41 Å². The van der Waals surface area contributed by atoms with Gasteiger partial charge in [-0.15, -0.1) is 0 Å². The van der Waals surface area contributed by atoms with Crippen molar-refractivity contribution in [2.75, 3.05) is 0 Å². The second kappa shape index (κ2) is 5.09. The summed E-state index contributed by atoms with van der Waals surface area (Å²) >= 11 is 0. The van der Waals surface area contributed by atoms with E-state index in [4.69, 9.17) is 4.98 Å². The molecule has 0 radical (unpaired) electrons. The van der Waals surface area contributed by atoms with E-state index in [0.29, 0.717) is 16.9 Å². The summed E-state index contributed by atoms with van der Waals surface area (Å²) in [6.45, 7) is 8.22. The van der Waals surface area contributed by atoms with Crippen molar-refractivity contribution in [3.8, 4) is 0 Å². The van der Waals surface area contributed by atoms with Gasteiger partial charge in [-0.3, -0.25) is 9.89 Å². The van der Waals surface area contributed by atoms with Crippen molar-refractivity contribution in [1.82, 2.24) is 20.2 Å². The number of rotatable bonds is 3. The van der Waals surface area contributed by atoms with E-state index < -0.39 is 0 Å². The van der Waals surface area contributed by atoms with Crippen LogP contribution in [0.15, 0.2) is 35.1 Å². The predicted octanol–water partition coefficient (Wildman–Crippen LogP) is 3.10. The quantitative estimate of drug-likeness (QED) is 0.780. The molecule has 22 heavy (non-hydrogen) atoms. The van der Waals surface area contributed by atoms with Gasteiger partial charge in [0.1, 0.15) is 11.3 Å². The number of fused-ring (bicyclic) bond motifs is 1. The molecule has 2 N–H and O–H groups in total. The van der Waals surface area contributed by atoms with E-state index in [1.165, 1.54) is 0 Å². The molecule has 3 rings (SSSR count). The molecule has 0 bridgehead atoms. The summed E-state index contributed by atoms with van der Waals surface area (Å²) in [6.07, 6.45) is 0. The van der Waals surface area contributed by atoms with Gasteiger partial charge >= 0.3 is 0 Å². The molecule has 0 unspecified atom stereocenters. The SMILES string of the molecule is CC(C)c1[nH]nc2c(=O)[nH]c(C(C)(C)c3ccccc3)nc12. The maximum Gasteiger partial charge on any atom is 0.279 e. The van der Waals surface area contributed by atoms with Gasteiger partial charge in [0, 0.05) is 5.41 Å². The van der Waals surface area contributed by atoms with Crippen LogP contribution >= 0.6 is 0 Å². The molecule has 0 amide bonds. The molecule has 0 saturated carbocycles. The molecule has 3 aromatic rings. The van der Waals surface area contributed by atoms with Crippen molar-refractivity contribution >= 4 is 11.0 Å². The maximum atomic E-state index is 12.3. The van der Waals surface area contributed by atoms with Crippen LogP contribution in [0.5, 0.6) is 0 Å². The van der Waals surface area contributed by atoms with E-state index in [0.717, 1.165) is 11.3 Å². The van der Waals surface area contributed by atoms with Crippen LogP contribution in [-0.4, -0.2) is 20.2 Å². The Hall–Kier alpha value is -2.43. The molecule has 5 heteroatoms. The average Bonchev–Trinajstić information content (AvgIpc) is 2.93. The van der Waals surface area contributed by atoms with Crippen LogP contribution in [0.3, 0.4) is 0 Å².